The molecule has 4 rings (SSSR count). The molecule has 1 saturated heterocycles. The van der Waals surface area contributed by atoms with Gasteiger partial charge in [0.2, 0.25) is 5.91 Å². The van der Waals surface area contributed by atoms with Gasteiger partial charge in [-0.1, -0.05) is 78.7 Å². The summed E-state index contributed by atoms with van der Waals surface area (Å²) in [7, 11) is 0. The Morgan fingerprint density at radius 2 is 1.55 bits per heavy atom. The summed E-state index contributed by atoms with van der Waals surface area (Å²) in [6, 6.07) is 24.7. The van der Waals surface area contributed by atoms with Crippen LogP contribution in [0, 0.1) is 0 Å². The number of nitrogens with zero attached hydrogens (tertiary/aromatic N) is 1. The highest BCUT2D eigenvalue weighted by Gasteiger charge is 2.23. The lowest BCUT2D eigenvalue weighted by atomic mass is 9.98. The molecule has 6 heteroatoms. The first-order valence-corrected chi connectivity index (χ1v) is 14.2. The van der Waals surface area contributed by atoms with Gasteiger partial charge in [-0.05, 0) is 93.0 Å². The number of hydrogen-bond donors (Lipinski definition) is 2. The van der Waals surface area contributed by atoms with Crippen molar-refractivity contribution in [2.45, 2.75) is 51.0 Å². The molecular formula is C32H38ClN3O2. The van der Waals surface area contributed by atoms with Crippen LogP contribution in [0.15, 0.2) is 78.9 Å². The van der Waals surface area contributed by atoms with E-state index in [1.807, 2.05) is 78.9 Å². The zero-order valence-electron chi connectivity index (χ0n) is 22.0. The smallest absolute Gasteiger partial charge is 0.252 e. The SMILES string of the molecule is O=C(N[C@@H](CCCN1CCCCC1)C(=O)NCCCc1ccc(Cl)cc1)c1ccccc1-c1ccccc1. The highest BCUT2D eigenvalue weighted by Crippen LogP contribution is 2.23. The van der Waals surface area contributed by atoms with Crippen LogP contribution in [-0.4, -0.2) is 48.9 Å². The molecule has 0 spiro atoms. The number of benzene rings is 3. The van der Waals surface area contributed by atoms with Crippen molar-refractivity contribution in [1.82, 2.24) is 15.5 Å². The van der Waals surface area contributed by atoms with Crippen LogP contribution in [0.25, 0.3) is 11.1 Å². The standard InChI is InChI=1S/C32H38ClN3O2/c33-27-19-17-25(18-20-27)11-9-21-34-32(38)30(16-10-24-36-22-7-2-8-23-36)35-31(37)29-15-6-5-14-28(29)26-12-3-1-4-13-26/h1,3-6,12-15,17-20,30H,2,7-11,16,21-24H2,(H,34,38)(H,35,37)/t30-/m0/s1. The molecule has 1 fully saturated rings. The molecular weight excluding hydrogens is 494 g/mol. The molecule has 3 aromatic carbocycles. The minimum Gasteiger partial charge on any atom is -0.354 e. The lowest BCUT2D eigenvalue weighted by Crippen LogP contribution is -2.47. The van der Waals surface area contributed by atoms with Gasteiger partial charge in [0.25, 0.3) is 5.91 Å². The largest absolute Gasteiger partial charge is 0.354 e. The van der Waals surface area contributed by atoms with Crippen molar-refractivity contribution in [2.75, 3.05) is 26.2 Å². The van der Waals surface area contributed by atoms with Crippen LogP contribution in [0.5, 0.6) is 0 Å². The number of likely N-dealkylation sites (tertiary alicyclic amines) is 1. The van der Waals surface area contributed by atoms with E-state index in [4.69, 9.17) is 11.6 Å². The Balaban J connectivity index is 1.38. The lowest BCUT2D eigenvalue weighted by molar-refractivity contribution is -0.123. The predicted octanol–water partition coefficient (Wildman–Crippen LogP) is 6.12. The molecule has 5 nitrogen and oxygen atoms in total. The van der Waals surface area contributed by atoms with Crippen LogP contribution < -0.4 is 10.6 Å². The molecule has 1 aliphatic heterocycles. The fourth-order valence-corrected chi connectivity index (χ4v) is 5.16. The molecule has 1 heterocycles. The Bertz CT molecular complexity index is 1160. The van der Waals surface area contributed by atoms with E-state index in [0.717, 1.165) is 55.0 Å². The van der Waals surface area contributed by atoms with E-state index in [-0.39, 0.29) is 11.8 Å². The van der Waals surface area contributed by atoms with Crippen LogP contribution >= 0.6 is 11.6 Å². The van der Waals surface area contributed by atoms with Gasteiger partial charge in [-0.2, -0.15) is 0 Å². The lowest BCUT2D eigenvalue weighted by Gasteiger charge is -2.27. The average Bonchev–Trinajstić information content (AvgIpc) is 2.96. The number of rotatable bonds is 12. The number of hydrogen-bond acceptors (Lipinski definition) is 3. The van der Waals surface area contributed by atoms with Gasteiger partial charge in [0.1, 0.15) is 6.04 Å². The Morgan fingerprint density at radius 1 is 0.842 bits per heavy atom. The highest BCUT2D eigenvalue weighted by molar-refractivity contribution is 6.30. The van der Waals surface area contributed by atoms with Gasteiger partial charge in [0.05, 0.1) is 0 Å². The second kappa shape index (κ2) is 14.7. The van der Waals surface area contributed by atoms with Crippen LogP contribution in [-0.2, 0) is 11.2 Å². The molecule has 0 aromatic heterocycles. The fraction of sp³-hybridized carbons (Fsp3) is 0.375. The Hall–Kier alpha value is -3.15. The number of nitrogens with one attached hydrogen (secondary N) is 2. The molecule has 1 aliphatic rings. The number of aryl methyl sites for hydroxylation is 1. The maximum Gasteiger partial charge on any atom is 0.252 e. The number of carbonyl (C=O) groups excluding carboxylic acids is 2. The Kier molecular flexibility index (Phi) is 10.8. The number of amides is 2. The van der Waals surface area contributed by atoms with Gasteiger partial charge in [0, 0.05) is 17.1 Å². The molecule has 38 heavy (non-hydrogen) atoms. The van der Waals surface area contributed by atoms with Crippen molar-refractivity contribution in [2.24, 2.45) is 0 Å². The first-order valence-electron chi connectivity index (χ1n) is 13.8. The van der Waals surface area contributed by atoms with E-state index in [1.165, 1.54) is 24.8 Å². The summed E-state index contributed by atoms with van der Waals surface area (Å²) in [6.45, 7) is 3.76. The minimum absolute atomic E-state index is 0.120. The fourth-order valence-electron chi connectivity index (χ4n) is 5.04. The first-order chi connectivity index (χ1) is 18.6. The monoisotopic (exact) mass is 531 g/mol. The van der Waals surface area contributed by atoms with Gasteiger partial charge < -0.3 is 15.5 Å². The van der Waals surface area contributed by atoms with E-state index in [2.05, 4.69) is 15.5 Å². The number of piperidine rings is 1. The summed E-state index contributed by atoms with van der Waals surface area (Å²) >= 11 is 5.98. The van der Waals surface area contributed by atoms with E-state index < -0.39 is 6.04 Å². The van der Waals surface area contributed by atoms with Crippen LogP contribution in [0.4, 0.5) is 0 Å². The third-order valence-corrected chi connectivity index (χ3v) is 7.40. The van der Waals surface area contributed by atoms with Crippen molar-refractivity contribution < 1.29 is 9.59 Å². The molecule has 2 amide bonds. The van der Waals surface area contributed by atoms with E-state index in [0.29, 0.717) is 18.5 Å². The molecule has 0 radical (unpaired) electrons. The molecule has 0 aliphatic carbocycles. The van der Waals surface area contributed by atoms with E-state index in [9.17, 15) is 9.59 Å². The molecule has 3 aromatic rings. The quantitative estimate of drug-likeness (QED) is 0.277. The molecule has 2 N–H and O–H groups in total. The maximum absolute atomic E-state index is 13.4. The molecule has 0 saturated carbocycles. The molecule has 200 valence electrons. The van der Waals surface area contributed by atoms with E-state index in [1.54, 1.807) is 0 Å². The third kappa shape index (κ3) is 8.44. The van der Waals surface area contributed by atoms with Gasteiger partial charge in [-0.15, -0.1) is 0 Å². The molecule has 0 unspecified atom stereocenters. The van der Waals surface area contributed by atoms with Crippen molar-refractivity contribution >= 4 is 23.4 Å². The van der Waals surface area contributed by atoms with Crippen LogP contribution in [0.1, 0.15) is 54.4 Å². The van der Waals surface area contributed by atoms with Gasteiger partial charge in [0.15, 0.2) is 0 Å². The van der Waals surface area contributed by atoms with Crippen LogP contribution in [0.2, 0.25) is 5.02 Å². The second-order valence-corrected chi connectivity index (χ2v) is 10.4. The molecule has 1 atom stereocenters. The second-order valence-electron chi connectivity index (χ2n) is 10.0. The Morgan fingerprint density at radius 3 is 2.32 bits per heavy atom. The number of halogens is 1. The summed E-state index contributed by atoms with van der Waals surface area (Å²) in [4.78, 5) is 29.2. The third-order valence-electron chi connectivity index (χ3n) is 7.15. The zero-order chi connectivity index (χ0) is 26.6. The zero-order valence-corrected chi connectivity index (χ0v) is 22.8. The average molecular weight is 532 g/mol. The van der Waals surface area contributed by atoms with Crippen molar-refractivity contribution in [3.05, 3.63) is 95.0 Å². The summed E-state index contributed by atoms with van der Waals surface area (Å²) in [5.74, 6) is -0.339. The van der Waals surface area contributed by atoms with Crippen molar-refractivity contribution in [3.8, 4) is 11.1 Å². The van der Waals surface area contributed by atoms with Gasteiger partial charge in [-0.3, -0.25) is 9.59 Å². The van der Waals surface area contributed by atoms with Crippen LogP contribution in [0.3, 0.4) is 0 Å². The van der Waals surface area contributed by atoms with Crippen molar-refractivity contribution in [3.63, 3.8) is 0 Å². The number of carbonyl (C=O) groups is 2. The minimum atomic E-state index is -0.577. The highest BCUT2D eigenvalue weighted by atomic mass is 35.5. The first kappa shape index (κ1) is 27.9. The van der Waals surface area contributed by atoms with E-state index >= 15 is 0 Å². The van der Waals surface area contributed by atoms with Gasteiger partial charge >= 0.3 is 0 Å². The maximum atomic E-state index is 13.4. The normalized spacial score (nSPS) is 14.6. The van der Waals surface area contributed by atoms with Crippen molar-refractivity contribution in [1.29, 1.82) is 0 Å². The topological polar surface area (TPSA) is 61.4 Å². The summed E-state index contributed by atoms with van der Waals surface area (Å²) in [5.41, 5.74) is 3.61. The Labute approximate surface area is 231 Å². The molecule has 0 bridgehead atoms. The summed E-state index contributed by atoms with van der Waals surface area (Å²) in [6.07, 6.45) is 6.93. The summed E-state index contributed by atoms with van der Waals surface area (Å²) in [5, 5.41) is 6.85. The predicted molar refractivity (Wildman–Crippen MR) is 155 cm³/mol. The van der Waals surface area contributed by atoms with Gasteiger partial charge in [-0.25, -0.2) is 0 Å². The summed E-state index contributed by atoms with van der Waals surface area (Å²) < 4.78 is 0.